The monoisotopic (exact) mass is 213 g/mol. The summed E-state index contributed by atoms with van der Waals surface area (Å²) in [5.74, 6) is -0.102. The lowest BCUT2D eigenvalue weighted by molar-refractivity contribution is -0.385. The molecule has 15 heavy (non-hydrogen) atoms. The first-order valence-corrected chi connectivity index (χ1v) is 4.13. The number of nitro benzene ring substituents is 1. The molecule has 0 bridgehead atoms. The normalized spacial score (nSPS) is 10.6. The highest BCUT2D eigenvalue weighted by Crippen LogP contribution is 2.30. The molecule has 0 radical (unpaired) electrons. The van der Waals surface area contributed by atoms with Gasteiger partial charge < -0.3 is 14.6 Å². The van der Waals surface area contributed by atoms with Crippen molar-refractivity contribution in [2.24, 2.45) is 0 Å². The first kappa shape index (κ1) is 11.4. The van der Waals surface area contributed by atoms with Crippen molar-refractivity contribution in [2.75, 3.05) is 14.2 Å². The van der Waals surface area contributed by atoms with Crippen LogP contribution in [-0.4, -0.2) is 24.2 Å². The first-order valence-electron chi connectivity index (χ1n) is 4.13. The smallest absolute Gasteiger partial charge is 0.270 e. The van der Waals surface area contributed by atoms with E-state index in [2.05, 4.69) is 0 Å². The molecular weight excluding hydrogens is 202 g/mol. The van der Waals surface area contributed by atoms with E-state index < -0.39 is 11.2 Å². The zero-order chi connectivity index (χ0) is 11.4. The average molecular weight is 213 g/mol. The van der Waals surface area contributed by atoms with Crippen LogP contribution in [0.15, 0.2) is 18.2 Å². The summed E-state index contributed by atoms with van der Waals surface area (Å²) in [5, 5.41) is 20.0. The molecule has 1 aromatic carbocycles. The number of methoxy groups -OCH3 is 2. The number of nitro groups is 1. The van der Waals surface area contributed by atoms with Crippen LogP contribution in [0.1, 0.15) is 11.9 Å². The topological polar surface area (TPSA) is 81.8 Å². The Hall–Kier alpha value is -1.66. The Morgan fingerprint density at radius 2 is 2.00 bits per heavy atom. The maximum atomic E-state index is 10.5. The second-order valence-electron chi connectivity index (χ2n) is 2.80. The fraction of sp³-hybridized carbons (Fsp3) is 0.333. The third-order valence-corrected chi connectivity index (χ3v) is 1.90. The second-order valence-corrected chi connectivity index (χ2v) is 2.80. The molecule has 1 aromatic rings. The van der Waals surface area contributed by atoms with Crippen LogP contribution in [0.3, 0.4) is 0 Å². The SMILES string of the molecule is COC(OC)c1cc([N+](=O)[O-])ccc1O. The van der Waals surface area contributed by atoms with E-state index in [4.69, 9.17) is 9.47 Å². The van der Waals surface area contributed by atoms with E-state index in [0.29, 0.717) is 0 Å². The van der Waals surface area contributed by atoms with Crippen LogP contribution in [-0.2, 0) is 9.47 Å². The van der Waals surface area contributed by atoms with E-state index in [1.165, 1.54) is 32.4 Å². The Kier molecular flexibility index (Phi) is 3.59. The molecule has 6 nitrogen and oxygen atoms in total. The molecule has 0 amide bonds. The van der Waals surface area contributed by atoms with Gasteiger partial charge in [-0.1, -0.05) is 0 Å². The maximum Gasteiger partial charge on any atom is 0.270 e. The van der Waals surface area contributed by atoms with Gasteiger partial charge in [0, 0.05) is 26.4 Å². The number of hydrogen-bond donors (Lipinski definition) is 1. The Bertz CT molecular complexity index is 362. The van der Waals surface area contributed by atoms with Crippen molar-refractivity contribution in [1.29, 1.82) is 0 Å². The van der Waals surface area contributed by atoms with Crippen LogP contribution in [0.25, 0.3) is 0 Å². The largest absolute Gasteiger partial charge is 0.507 e. The Morgan fingerprint density at radius 3 is 2.47 bits per heavy atom. The van der Waals surface area contributed by atoms with Gasteiger partial charge in [0.1, 0.15) is 5.75 Å². The number of aromatic hydroxyl groups is 1. The van der Waals surface area contributed by atoms with Gasteiger partial charge in [0.2, 0.25) is 0 Å². The number of phenols is 1. The van der Waals surface area contributed by atoms with Crippen LogP contribution >= 0.6 is 0 Å². The van der Waals surface area contributed by atoms with Gasteiger partial charge in [-0.2, -0.15) is 0 Å². The van der Waals surface area contributed by atoms with Gasteiger partial charge in [0.25, 0.3) is 5.69 Å². The van der Waals surface area contributed by atoms with Crippen LogP contribution in [0.5, 0.6) is 5.75 Å². The van der Waals surface area contributed by atoms with Gasteiger partial charge in [-0.05, 0) is 6.07 Å². The van der Waals surface area contributed by atoms with E-state index in [0.717, 1.165) is 0 Å². The number of benzene rings is 1. The number of non-ortho nitro benzene ring substituents is 1. The quantitative estimate of drug-likeness (QED) is 0.466. The summed E-state index contributed by atoms with van der Waals surface area (Å²) in [4.78, 5) is 9.96. The zero-order valence-electron chi connectivity index (χ0n) is 8.34. The van der Waals surface area contributed by atoms with Gasteiger partial charge in [-0.3, -0.25) is 10.1 Å². The molecule has 0 saturated carbocycles. The summed E-state index contributed by atoms with van der Waals surface area (Å²) in [6, 6.07) is 3.66. The summed E-state index contributed by atoms with van der Waals surface area (Å²) in [6.45, 7) is 0. The Labute approximate surface area is 86.2 Å². The van der Waals surface area contributed by atoms with Gasteiger partial charge in [0.05, 0.1) is 10.5 Å². The molecule has 0 spiro atoms. The summed E-state index contributed by atoms with van der Waals surface area (Å²) in [7, 11) is 2.76. The second kappa shape index (κ2) is 4.72. The predicted molar refractivity (Wildman–Crippen MR) is 51.5 cm³/mol. The third-order valence-electron chi connectivity index (χ3n) is 1.90. The minimum absolute atomic E-state index is 0.102. The van der Waals surface area contributed by atoms with Gasteiger partial charge in [0.15, 0.2) is 6.29 Å². The molecule has 0 unspecified atom stereocenters. The fourth-order valence-corrected chi connectivity index (χ4v) is 1.19. The van der Waals surface area contributed by atoms with Crippen molar-refractivity contribution in [3.63, 3.8) is 0 Å². The van der Waals surface area contributed by atoms with E-state index in [1.807, 2.05) is 0 Å². The van der Waals surface area contributed by atoms with Gasteiger partial charge in [-0.15, -0.1) is 0 Å². The number of phenolic OH excluding ortho intramolecular Hbond substituents is 1. The number of nitrogens with zero attached hydrogens (tertiary/aromatic N) is 1. The summed E-state index contributed by atoms with van der Waals surface area (Å²) in [5.41, 5.74) is 0.108. The van der Waals surface area contributed by atoms with E-state index in [9.17, 15) is 15.2 Å². The highest BCUT2D eigenvalue weighted by molar-refractivity contribution is 5.43. The molecule has 0 atom stereocenters. The van der Waals surface area contributed by atoms with Gasteiger partial charge >= 0.3 is 0 Å². The van der Waals surface area contributed by atoms with Crippen molar-refractivity contribution in [3.8, 4) is 5.75 Å². The Morgan fingerprint density at radius 1 is 1.40 bits per heavy atom. The van der Waals surface area contributed by atoms with Crippen LogP contribution in [0.4, 0.5) is 5.69 Å². The molecule has 0 aliphatic carbocycles. The highest BCUT2D eigenvalue weighted by atomic mass is 16.7. The molecule has 0 aliphatic heterocycles. The lowest BCUT2D eigenvalue weighted by atomic mass is 10.1. The predicted octanol–water partition coefficient (Wildman–Crippen LogP) is 1.59. The number of ether oxygens (including phenoxy) is 2. The zero-order valence-corrected chi connectivity index (χ0v) is 8.34. The lowest BCUT2D eigenvalue weighted by Gasteiger charge is -2.14. The average Bonchev–Trinajstić information content (AvgIpc) is 2.22. The Balaban J connectivity index is 3.15. The number of hydrogen-bond acceptors (Lipinski definition) is 5. The summed E-state index contributed by atoms with van der Waals surface area (Å²) < 4.78 is 9.79. The first-order chi connectivity index (χ1) is 7.10. The van der Waals surface area contributed by atoms with Crippen LogP contribution < -0.4 is 0 Å². The third kappa shape index (κ3) is 2.42. The van der Waals surface area contributed by atoms with Crippen molar-refractivity contribution in [2.45, 2.75) is 6.29 Å². The number of rotatable bonds is 4. The highest BCUT2D eigenvalue weighted by Gasteiger charge is 2.17. The molecular formula is C9H11NO5. The minimum atomic E-state index is -0.815. The molecule has 1 N–H and O–H groups in total. The standard InChI is InChI=1S/C9H11NO5/c1-14-9(15-2)7-5-6(10(12)13)3-4-8(7)11/h3-5,9,11H,1-2H3. The van der Waals surface area contributed by atoms with Crippen molar-refractivity contribution < 1.29 is 19.5 Å². The fourth-order valence-electron chi connectivity index (χ4n) is 1.19. The summed E-state index contributed by atoms with van der Waals surface area (Å²) in [6.07, 6.45) is -0.815. The van der Waals surface area contributed by atoms with Crippen LogP contribution in [0.2, 0.25) is 0 Å². The molecule has 82 valence electrons. The molecule has 6 heteroatoms. The van der Waals surface area contributed by atoms with E-state index >= 15 is 0 Å². The minimum Gasteiger partial charge on any atom is -0.507 e. The molecule has 0 saturated heterocycles. The molecule has 0 aromatic heterocycles. The molecule has 0 heterocycles. The van der Waals surface area contributed by atoms with Crippen molar-refractivity contribution >= 4 is 5.69 Å². The van der Waals surface area contributed by atoms with E-state index in [-0.39, 0.29) is 17.0 Å². The van der Waals surface area contributed by atoms with Crippen molar-refractivity contribution in [1.82, 2.24) is 0 Å². The molecule has 0 fully saturated rings. The van der Waals surface area contributed by atoms with Crippen LogP contribution in [0, 0.1) is 10.1 Å². The summed E-state index contributed by atoms with van der Waals surface area (Å²) >= 11 is 0. The van der Waals surface area contributed by atoms with Gasteiger partial charge in [-0.25, -0.2) is 0 Å². The maximum absolute atomic E-state index is 10.5. The molecule has 1 rings (SSSR count). The van der Waals surface area contributed by atoms with E-state index in [1.54, 1.807) is 0 Å². The molecule has 0 aliphatic rings. The van der Waals surface area contributed by atoms with Crippen molar-refractivity contribution in [3.05, 3.63) is 33.9 Å². The lowest BCUT2D eigenvalue weighted by Crippen LogP contribution is -2.04.